The summed E-state index contributed by atoms with van der Waals surface area (Å²) in [4.78, 5) is 33.0. The highest BCUT2D eigenvalue weighted by molar-refractivity contribution is 5.87. The number of nitrogens with zero attached hydrogens (tertiary/aromatic N) is 3. The number of esters is 1. The van der Waals surface area contributed by atoms with Crippen molar-refractivity contribution in [2.75, 3.05) is 53.1 Å². The molecule has 5 rings (SSSR count). The number of likely N-dealkylation sites (tertiary alicyclic amines) is 1. The number of carbonyl (C=O) groups is 2. The molecule has 42 heavy (non-hydrogen) atoms. The first kappa shape index (κ1) is 30.1. The normalized spacial score (nSPS) is 23.0. The van der Waals surface area contributed by atoms with E-state index in [4.69, 9.17) is 23.7 Å². The Balaban J connectivity index is 1.45. The summed E-state index contributed by atoms with van der Waals surface area (Å²) < 4.78 is 70.8. The molecule has 13 heteroatoms. The number of amides is 1. The second-order valence-corrected chi connectivity index (χ2v) is 11.9. The van der Waals surface area contributed by atoms with Gasteiger partial charge in [0, 0.05) is 37.0 Å². The zero-order valence-corrected chi connectivity index (χ0v) is 24.2. The molecule has 0 bridgehead atoms. The van der Waals surface area contributed by atoms with E-state index < -0.39 is 41.2 Å². The highest BCUT2D eigenvalue weighted by Gasteiger charge is 2.55. The van der Waals surface area contributed by atoms with Crippen LogP contribution in [0.1, 0.15) is 44.9 Å². The van der Waals surface area contributed by atoms with E-state index in [2.05, 4.69) is 9.88 Å². The first-order valence-corrected chi connectivity index (χ1v) is 14.0. The van der Waals surface area contributed by atoms with Crippen molar-refractivity contribution in [3.05, 3.63) is 29.5 Å². The minimum Gasteiger partial charge on any atom is -0.492 e. The van der Waals surface area contributed by atoms with Crippen LogP contribution < -0.4 is 9.47 Å². The number of morpholine rings is 1. The number of methoxy groups -OCH3 is 1. The van der Waals surface area contributed by atoms with E-state index in [0.717, 1.165) is 13.1 Å². The van der Waals surface area contributed by atoms with E-state index in [9.17, 15) is 22.8 Å². The Hall–Kier alpha value is -3.32. The van der Waals surface area contributed by atoms with Gasteiger partial charge in [0.2, 0.25) is 0 Å². The number of aryl methyl sites for hydroxylation is 1. The average Bonchev–Trinajstić information content (AvgIpc) is 3.30. The molecule has 0 saturated carbocycles. The predicted octanol–water partition coefficient (Wildman–Crippen LogP) is 4.21. The van der Waals surface area contributed by atoms with Crippen molar-refractivity contribution in [3.8, 4) is 11.5 Å². The van der Waals surface area contributed by atoms with Crippen molar-refractivity contribution in [2.45, 2.75) is 63.5 Å². The maximum absolute atomic E-state index is 14.3. The molecule has 2 atom stereocenters. The molecule has 1 spiro atoms. The summed E-state index contributed by atoms with van der Waals surface area (Å²) in [6.45, 7) is 9.02. The molecule has 3 aliphatic rings. The van der Waals surface area contributed by atoms with E-state index in [1.165, 1.54) is 18.1 Å². The molecule has 4 heterocycles. The molecule has 3 aliphatic heterocycles. The lowest BCUT2D eigenvalue weighted by molar-refractivity contribution is -0.146. The number of ether oxygens (including phenoxy) is 5. The predicted molar refractivity (Wildman–Crippen MR) is 145 cm³/mol. The maximum Gasteiger partial charge on any atom is 0.437 e. The van der Waals surface area contributed by atoms with Crippen LogP contribution in [-0.4, -0.2) is 97.2 Å². The topological polar surface area (TPSA) is 99.7 Å². The van der Waals surface area contributed by atoms with E-state index in [-0.39, 0.29) is 37.1 Å². The van der Waals surface area contributed by atoms with E-state index in [0.29, 0.717) is 43.1 Å². The van der Waals surface area contributed by atoms with Crippen molar-refractivity contribution in [2.24, 2.45) is 0 Å². The van der Waals surface area contributed by atoms with Gasteiger partial charge in [0.1, 0.15) is 29.6 Å². The summed E-state index contributed by atoms with van der Waals surface area (Å²) in [7, 11) is 1.19. The third-order valence-corrected chi connectivity index (χ3v) is 7.71. The third kappa shape index (κ3) is 6.36. The number of rotatable bonds is 5. The van der Waals surface area contributed by atoms with Gasteiger partial charge in [-0.3, -0.25) is 9.80 Å². The van der Waals surface area contributed by atoms with Gasteiger partial charge in [-0.1, -0.05) is 0 Å². The van der Waals surface area contributed by atoms with Gasteiger partial charge >= 0.3 is 18.2 Å². The number of halogens is 3. The van der Waals surface area contributed by atoms with Crippen molar-refractivity contribution in [1.29, 1.82) is 0 Å². The Morgan fingerprint density at radius 1 is 1.17 bits per heavy atom. The molecule has 230 valence electrons. The smallest absolute Gasteiger partial charge is 0.437 e. The highest BCUT2D eigenvalue weighted by atomic mass is 19.4. The molecule has 1 aromatic carbocycles. The summed E-state index contributed by atoms with van der Waals surface area (Å²) in [6.07, 6.45) is -5.13. The zero-order chi connectivity index (χ0) is 30.3. The van der Waals surface area contributed by atoms with Crippen molar-refractivity contribution in [1.82, 2.24) is 14.8 Å². The van der Waals surface area contributed by atoms with Crippen LogP contribution in [0, 0.1) is 0 Å². The molecular formula is C29H36F3N3O7. The number of alkyl halides is 3. The maximum atomic E-state index is 14.3. The van der Waals surface area contributed by atoms with Crippen LogP contribution in [0.3, 0.4) is 0 Å². The van der Waals surface area contributed by atoms with Gasteiger partial charge in [-0.05, 0) is 51.8 Å². The van der Waals surface area contributed by atoms with E-state index in [1.807, 2.05) is 0 Å². The fourth-order valence-electron chi connectivity index (χ4n) is 5.73. The van der Waals surface area contributed by atoms with Crippen LogP contribution in [0.2, 0.25) is 0 Å². The second-order valence-electron chi connectivity index (χ2n) is 11.9. The lowest BCUT2D eigenvalue weighted by Gasteiger charge is -2.37. The lowest BCUT2D eigenvalue weighted by atomic mass is 9.87. The second kappa shape index (κ2) is 11.4. The van der Waals surface area contributed by atoms with E-state index >= 15 is 0 Å². The van der Waals surface area contributed by atoms with Gasteiger partial charge in [0.25, 0.3) is 0 Å². The van der Waals surface area contributed by atoms with Crippen LogP contribution >= 0.6 is 0 Å². The Kier molecular flexibility index (Phi) is 8.18. The Bertz CT molecular complexity index is 1340. The average molecular weight is 596 g/mol. The standard InChI is InChI=1S/C29H36F3N3O7/c1-27(2,3)42-26(37)35-17-28(16-22(35)25(36)38-4)8-7-19-20-15-18(40-14-11-34-9-12-39-13-10-34)5-6-21(20)33-24(23(19)41-28)29(30,31)32/h5-6,15,22H,7-14,16-17H2,1-4H3/t22-,28?/m0/s1. The Morgan fingerprint density at radius 3 is 2.57 bits per heavy atom. The van der Waals surface area contributed by atoms with Gasteiger partial charge in [0.15, 0.2) is 11.4 Å². The SMILES string of the molecule is COC(=O)[C@@H]1CC2(CCc3c(c(C(F)(F)F)nc4ccc(OCCN5CCOCC5)cc34)O2)CN1C(=O)OC(C)(C)C. The van der Waals surface area contributed by atoms with Crippen LogP contribution in [0.25, 0.3) is 10.9 Å². The van der Waals surface area contributed by atoms with Crippen LogP contribution in [0.4, 0.5) is 18.0 Å². The summed E-state index contributed by atoms with van der Waals surface area (Å²) in [6, 6.07) is 3.76. The van der Waals surface area contributed by atoms with Crippen LogP contribution in [0.5, 0.6) is 11.5 Å². The fourth-order valence-corrected chi connectivity index (χ4v) is 5.73. The van der Waals surface area contributed by atoms with E-state index in [1.54, 1.807) is 32.9 Å². The van der Waals surface area contributed by atoms with Gasteiger partial charge < -0.3 is 23.7 Å². The first-order chi connectivity index (χ1) is 19.8. The number of hydrogen-bond acceptors (Lipinski definition) is 9. The first-order valence-electron chi connectivity index (χ1n) is 14.0. The van der Waals surface area contributed by atoms with Gasteiger partial charge in [-0.25, -0.2) is 14.6 Å². The molecule has 0 N–H and O–H groups in total. The number of fused-ring (bicyclic) bond motifs is 3. The number of pyridine rings is 1. The van der Waals surface area contributed by atoms with Gasteiger partial charge in [-0.2, -0.15) is 13.2 Å². The number of hydrogen-bond donors (Lipinski definition) is 0. The molecule has 1 unspecified atom stereocenters. The number of aromatic nitrogens is 1. The van der Waals surface area contributed by atoms with Gasteiger partial charge in [0.05, 0.1) is 32.4 Å². The largest absolute Gasteiger partial charge is 0.492 e. The summed E-state index contributed by atoms with van der Waals surface area (Å²) >= 11 is 0. The minimum atomic E-state index is -4.80. The summed E-state index contributed by atoms with van der Waals surface area (Å²) in [5.74, 6) is -0.567. The molecule has 2 saturated heterocycles. The molecule has 1 amide bonds. The molecule has 10 nitrogen and oxygen atoms in total. The number of carbonyl (C=O) groups excluding carboxylic acids is 2. The molecular weight excluding hydrogens is 559 g/mol. The summed E-state index contributed by atoms with van der Waals surface area (Å²) in [5.41, 5.74) is -2.71. The third-order valence-electron chi connectivity index (χ3n) is 7.71. The zero-order valence-electron chi connectivity index (χ0n) is 24.2. The quantitative estimate of drug-likeness (QED) is 0.471. The molecule has 2 aromatic rings. The fraction of sp³-hybridized carbons (Fsp3) is 0.621. The summed E-state index contributed by atoms with van der Waals surface area (Å²) in [5, 5.41) is 0.503. The monoisotopic (exact) mass is 595 g/mol. The molecule has 2 fully saturated rings. The Labute approximate surface area is 242 Å². The minimum absolute atomic E-state index is 0.0433. The van der Waals surface area contributed by atoms with Crippen molar-refractivity contribution >= 4 is 23.0 Å². The van der Waals surface area contributed by atoms with Gasteiger partial charge in [-0.15, -0.1) is 0 Å². The number of benzene rings is 1. The van der Waals surface area contributed by atoms with Crippen LogP contribution in [0.15, 0.2) is 18.2 Å². The van der Waals surface area contributed by atoms with Crippen molar-refractivity contribution < 1.29 is 46.4 Å². The Morgan fingerprint density at radius 2 is 1.90 bits per heavy atom. The molecule has 1 aromatic heterocycles. The molecule has 0 radical (unpaired) electrons. The van der Waals surface area contributed by atoms with Crippen molar-refractivity contribution in [3.63, 3.8) is 0 Å². The lowest BCUT2D eigenvalue weighted by Crippen LogP contribution is -2.46. The molecule has 0 aliphatic carbocycles. The van der Waals surface area contributed by atoms with Crippen LogP contribution in [-0.2, 0) is 31.6 Å². The highest BCUT2D eigenvalue weighted by Crippen LogP contribution is 2.48.